The van der Waals surface area contributed by atoms with E-state index >= 15 is 0 Å². The van der Waals surface area contributed by atoms with Crippen molar-refractivity contribution >= 4 is 22.7 Å². The first-order valence-electron chi connectivity index (χ1n) is 10.6. The standard InChI is InChI=1S/C24H28N4O3/c1-26(17-24(29)30)23-16-20(19-5-3-2-4-6-19)21-15-18(7-8-22(21)25-23)9-10-27-11-13-28(31)14-12-27/h2-8,15-16,31H,9-14,17H2,1H3,(H,29,30). The van der Waals surface area contributed by atoms with Gasteiger partial charge in [0.2, 0.25) is 0 Å². The minimum absolute atomic E-state index is 0.105. The Balaban J connectivity index is 1.65. The van der Waals surface area contributed by atoms with Gasteiger partial charge in [-0.3, -0.25) is 4.79 Å². The topological polar surface area (TPSA) is 80.1 Å². The molecule has 1 saturated heterocycles. The summed E-state index contributed by atoms with van der Waals surface area (Å²) >= 11 is 0. The van der Waals surface area contributed by atoms with Crippen LogP contribution < -0.4 is 4.90 Å². The molecule has 0 radical (unpaired) electrons. The molecule has 1 aliphatic rings. The van der Waals surface area contributed by atoms with Crippen LogP contribution in [-0.2, 0) is 11.2 Å². The molecule has 2 aromatic carbocycles. The van der Waals surface area contributed by atoms with Crippen molar-refractivity contribution in [2.75, 3.05) is 51.2 Å². The van der Waals surface area contributed by atoms with Gasteiger partial charge in [0.1, 0.15) is 12.4 Å². The number of carbonyl (C=O) groups is 1. The molecular formula is C24H28N4O3. The van der Waals surface area contributed by atoms with Gasteiger partial charge in [0.25, 0.3) is 0 Å². The van der Waals surface area contributed by atoms with Crippen molar-refractivity contribution in [3.8, 4) is 11.1 Å². The number of rotatable bonds is 7. The lowest BCUT2D eigenvalue weighted by molar-refractivity contribution is -0.135. The highest BCUT2D eigenvalue weighted by Crippen LogP contribution is 2.32. The van der Waals surface area contributed by atoms with Gasteiger partial charge in [0, 0.05) is 45.2 Å². The highest BCUT2D eigenvalue weighted by atomic mass is 16.5. The maximum absolute atomic E-state index is 11.2. The highest BCUT2D eigenvalue weighted by Gasteiger charge is 2.16. The number of likely N-dealkylation sites (N-methyl/N-ethyl adjacent to an activating group) is 1. The maximum Gasteiger partial charge on any atom is 0.323 e. The molecule has 162 valence electrons. The van der Waals surface area contributed by atoms with Gasteiger partial charge in [-0.05, 0) is 41.3 Å². The summed E-state index contributed by atoms with van der Waals surface area (Å²) in [4.78, 5) is 19.9. The lowest BCUT2D eigenvalue weighted by Crippen LogP contribution is -2.45. The Kier molecular flexibility index (Phi) is 6.46. The zero-order chi connectivity index (χ0) is 21.8. The van der Waals surface area contributed by atoms with Gasteiger partial charge in [-0.15, -0.1) is 0 Å². The molecule has 0 spiro atoms. The third-order valence-electron chi connectivity index (χ3n) is 5.77. The summed E-state index contributed by atoms with van der Waals surface area (Å²) in [5.41, 5.74) is 4.22. The largest absolute Gasteiger partial charge is 0.480 e. The van der Waals surface area contributed by atoms with Crippen molar-refractivity contribution in [3.63, 3.8) is 0 Å². The first-order valence-corrected chi connectivity index (χ1v) is 10.6. The predicted octanol–water partition coefficient (Wildman–Crippen LogP) is 2.97. The molecule has 0 saturated carbocycles. The molecule has 4 rings (SSSR count). The minimum Gasteiger partial charge on any atom is -0.480 e. The zero-order valence-electron chi connectivity index (χ0n) is 17.7. The van der Waals surface area contributed by atoms with Crippen molar-refractivity contribution in [1.82, 2.24) is 14.9 Å². The average molecular weight is 421 g/mol. The van der Waals surface area contributed by atoms with Crippen LogP contribution in [0.25, 0.3) is 22.0 Å². The number of benzene rings is 2. The first kappa shape index (κ1) is 21.2. The molecule has 0 amide bonds. The SMILES string of the molecule is CN(CC(=O)O)c1cc(-c2ccccc2)c2cc(CCN3CCN(O)CC3)ccc2n1. The van der Waals surface area contributed by atoms with Gasteiger partial charge < -0.3 is 20.1 Å². The van der Waals surface area contributed by atoms with E-state index in [4.69, 9.17) is 4.98 Å². The second kappa shape index (κ2) is 9.43. The maximum atomic E-state index is 11.2. The fraction of sp³-hybridized carbons (Fsp3) is 0.333. The summed E-state index contributed by atoms with van der Waals surface area (Å²) in [6.45, 7) is 3.97. The second-order valence-electron chi connectivity index (χ2n) is 8.04. The Labute approximate surface area is 182 Å². The third-order valence-corrected chi connectivity index (χ3v) is 5.77. The van der Waals surface area contributed by atoms with E-state index in [1.807, 2.05) is 30.3 Å². The Morgan fingerprint density at radius 1 is 1.06 bits per heavy atom. The van der Waals surface area contributed by atoms with E-state index in [9.17, 15) is 15.1 Å². The van der Waals surface area contributed by atoms with Crippen molar-refractivity contribution < 1.29 is 15.1 Å². The molecule has 7 heteroatoms. The van der Waals surface area contributed by atoms with Gasteiger partial charge in [-0.25, -0.2) is 4.98 Å². The molecule has 2 heterocycles. The minimum atomic E-state index is -0.886. The van der Waals surface area contributed by atoms with E-state index in [1.54, 1.807) is 11.9 Å². The molecule has 1 aliphatic heterocycles. The number of carboxylic acids is 1. The van der Waals surface area contributed by atoms with Crippen LogP contribution in [0.4, 0.5) is 5.82 Å². The molecule has 1 aromatic heterocycles. The van der Waals surface area contributed by atoms with Crippen LogP contribution in [0.3, 0.4) is 0 Å². The van der Waals surface area contributed by atoms with Crippen molar-refractivity contribution in [2.24, 2.45) is 0 Å². The van der Waals surface area contributed by atoms with Crippen molar-refractivity contribution in [2.45, 2.75) is 6.42 Å². The fourth-order valence-electron chi connectivity index (χ4n) is 4.00. The fourth-order valence-corrected chi connectivity index (χ4v) is 4.00. The van der Waals surface area contributed by atoms with Crippen molar-refractivity contribution in [1.29, 1.82) is 0 Å². The van der Waals surface area contributed by atoms with E-state index in [0.717, 1.165) is 48.1 Å². The summed E-state index contributed by atoms with van der Waals surface area (Å²) in [6, 6.07) is 18.4. The number of hydrogen-bond donors (Lipinski definition) is 2. The number of nitrogens with zero attached hydrogens (tertiary/aromatic N) is 4. The summed E-state index contributed by atoms with van der Waals surface area (Å²) < 4.78 is 0. The third kappa shape index (κ3) is 5.19. The van der Waals surface area contributed by atoms with E-state index in [0.29, 0.717) is 18.9 Å². The predicted molar refractivity (Wildman–Crippen MR) is 122 cm³/mol. The molecule has 31 heavy (non-hydrogen) atoms. The van der Waals surface area contributed by atoms with Gasteiger partial charge >= 0.3 is 5.97 Å². The van der Waals surface area contributed by atoms with Gasteiger partial charge in [0.15, 0.2) is 0 Å². The summed E-state index contributed by atoms with van der Waals surface area (Å²) in [5.74, 6) is -0.244. The van der Waals surface area contributed by atoms with Crippen LogP contribution in [0.5, 0.6) is 0 Å². The number of piperazine rings is 1. The van der Waals surface area contributed by atoms with Crippen LogP contribution in [0, 0.1) is 0 Å². The molecule has 2 N–H and O–H groups in total. The van der Waals surface area contributed by atoms with Crippen molar-refractivity contribution in [3.05, 3.63) is 60.2 Å². The highest BCUT2D eigenvalue weighted by molar-refractivity contribution is 5.96. The smallest absolute Gasteiger partial charge is 0.323 e. The molecule has 0 bridgehead atoms. The lowest BCUT2D eigenvalue weighted by atomic mass is 9.98. The molecule has 0 aliphatic carbocycles. The normalized spacial score (nSPS) is 15.3. The van der Waals surface area contributed by atoms with Crippen LogP contribution in [0.1, 0.15) is 5.56 Å². The molecular weight excluding hydrogens is 392 g/mol. The van der Waals surface area contributed by atoms with Crippen LogP contribution in [0.2, 0.25) is 0 Å². The Morgan fingerprint density at radius 3 is 2.52 bits per heavy atom. The molecule has 0 atom stereocenters. The number of anilines is 1. The first-order chi connectivity index (χ1) is 15.0. The number of aromatic nitrogens is 1. The molecule has 0 unspecified atom stereocenters. The molecule has 3 aromatic rings. The number of pyridine rings is 1. The summed E-state index contributed by atoms with van der Waals surface area (Å²) in [5, 5.41) is 21.2. The van der Waals surface area contributed by atoms with Crippen LogP contribution in [0.15, 0.2) is 54.6 Å². The summed E-state index contributed by atoms with van der Waals surface area (Å²) in [6.07, 6.45) is 0.927. The number of carboxylic acid groups (broad SMARTS) is 1. The summed E-state index contributed by atoms with van der Waals surface area (Å²) in [7, 11) is 1.75. The molecule has 1 fully saturated rings. The van der Waals surface area contributed by atoms with E-state index < -0.39 is 5.97 Å². The van der Waals surface area contributed by atoms with Gasteiger partial charge in [0.05, 0.1) is 5.52 Å². The number of fused-ring (bicyclic) bond motifs is 1. The second-order valence-corrected chi connectivity index (χ2v) is 8.04. The van der Waals surface area contributed by atoms with Gasteiger partial charge in [-0.1, -0.05) is 36.4 Å². The van der Waals surface area contributed by atoms with Crippen LogP contribution in [-0.4, -0.2) is 77.5 Å². The van der Waals surface area contributed by atoms with Gasteiger partial charge in [-0.2, -0.15) is 5.06 Å². The average Bonchev–Trinajstić information content (AvgIpc) is 2.78. The van der Waals surface area contributed by atoms with E-state index in [1.165, 1.54) is 10.6 Å². The Morgan fingerprint density at radius 2 is 1.81 bits per heavy atom. The number of hydroxylamine groups is 2. The Hall–Kier alpha value is -3.00. The molecule has 7 nitrogen and oxygen atoms in total. The zero-order valence-corrected chi connectivity index (χ0v) is 17.7. The Bertz CT molecular complexity index is 1050. The lowest BCUT2D eigenvalue weighted by Gasteiger charge is -2.31. The number of aliphatic carboxylic acids is 1. The van der Waals surface area contributed by atoms with Crippen LogP contribution >= 0.6 is 0 Å². The number of hydrogen-bond acceptors (Lipinski definition) is 6. The van der Waals surface area contributed by atoms with E-state index in [2.05, 4.69) is 29.2 Å². The quantitative estimate of drug-likeness (QED) is 0.608. The van der Waals surface area contributed by atoms with E-state index in [-0.39, 0.29) is 6.54 Å². The monoisotopic (exact) mass is 420 g/mol.